The molecule has 0 aliphatic carbocycles. The summed E-state index contributed by atoms with van der Waals surface area (Å²) in [4.78, 5) is 14.4. The van der Waals surface area contributed by atoms with E-state index in [1.807, 2.05) is 25.1 Å². The summed E-state index contributed by atoms with van der Waals surface area (Å²) in [5.41, 5.74) is 7.87. The predicted molar refractivity (Wildman–Crippen MR) is 84.0 cm³/mol. The lowest BCUT2D eigenvalue weighted by Gasteiger charge is -2.30. The smallest absolute Gasteiger partial charge is 0.241 e. The number of hydrogen-bond acceptors (Lipinski definition) is 3. The summed E-state index contributed by atoms with van der Waals surface area (Å²) in [6.45, 7) is 4.16. The van der Waals surface area contributed by atoms with Crippen molar-refractivity contribution in [2.75, 3.05) is 23.3 Å². The van der Waals surface area contributed by atoms with E-state index < -0.39 is 6.04 Å². The number of hydrogen-bond donors (Lipinski definition) is 2. The van der Waals surface area contributed by atoms with Crippen LogP contribution in [0.15, 0.2) is 24.3 Å². The molecule has 1 fully saturated rings. The van der Waals surface area contributed by atoms with Crippen molar-refractivity contribution in [2.45, 2.75) is 45.1 Å². The van der Waals surface area contributed by atoms with Crippen LogP contribution in [0.1, 0.15) is 39.0 Å². The van der Waals surface area contributed by atoms with Gasteiger partial charge in [0.05, 0.1) is 17.4 Å². The Morgan fingerprint density at radius 2 is 2.00 bits per heavy atom. The summed E-state index contributed by atoms with van der Waals surface area (Å²) in [6.07, 6.45) is 5.38. The van der Waals surface area contributed by atoms with Crippen LogP contribution >= 0.6 is 0 Å². The highest BCUT2D eigenvalue weighted by molar-refractivity contribution is 5.97. The largest absolute Gasteiger partial charge is 0.370 e. The van der Waals surface area contributed by atoms with E-state index in [1.54, 1.807) is 0 Å². The van der Waals surface area contributed by atoms with Crippen LogP contribution in [0.2, 0.25) is 0 Å². The van der Waals surface area contributed by atoms with Gasteiger partial charge in [0.1, 0.15) is 0 Å². The van der Waals surface area contributed by atoms with Crippen LogP contribution in [0.4, 0.5) is 11.4 Å². The zero-order valence-electron chi connectivity index (χ0n) is 12.3. The van der Waals surface area contributed by atoms with Crippen LogP contribution in [0.3, 0.4) is 0 Å². The molecule has 0 radical (unpaired) electrons. The molecule has 4 heteroatoms. The second-order valence-corrected chi connectivity index (χ2v) is 5.45. The van der Waals surface area contributed by atoms with E-state index >= 15 is 0 Å². The van der Waals surface area contributed by atoms with Gasteiger partial charge in [0.25, 0.3) is 0 Å². The van der Waals surface area contributed by atoms with E-state index in [0.717, 1.165) is 37.3 Å². The molecule has 1 heterocycles. The van der Waals surface area contributed by atoms with E-state index in [9.17, 15) is 4.79 Å². The standard InChI is InChI=1S/C16H25N3O/c1-2-8-13(17)16(20)18-14-9-4-5-10-15(14)19-11-6-3-7-12-19/h4-5,9-10,13H,2-3,6-8,11-12,17H2,1H3,(H,18,20). The van der Waals surface area contributed by atoms with Crippen molar-refractivity contribution in [1.82, 2.24) is 0 Å². The van der Waals surface area contributed by atoms with E-state index in [0.29, 0.717) is 0 Å². The Morgan fingerprint density at radius 1 is 1.30 bits per heavy atom. The predicted octanol–water partition coefficient (Wildman–Crippen LogP) is 2.74. The summed E-state index contributed by atoms with van der Waals surface area (Å²) in [5, 5.41) is 2.99. The topological polar surface area (TPSA) is 58.4 Å². The van der Waals surface area contributed by atoms with Gasteiger partial charge in [-0.2, -0.15) is 0 Å². The normalized spacial score (nSPS) is 16.8. The first-order valence-corrected chi connectivity index (χ1v) is 7.62. The Labute approximate surface area is 121 Å². The number of nitrogens with zero attached hydrogens (tertiary/aromatic N) is 1. The van der Waals surface area contributed by atoms with Gasteiger partial charge in [0.15, 0.2) is 0 Å². The van der Waals surface area contributed by atoms with E-state index in [-0.39, 0.29) is 5.91 Å². The van der Waals surface area contributed by atoms with Crippen molar-refractivity contribution >= 4 is 17.3 Å². The zero-order valence-corrected chi connectivity index (χ0v) is 12.3. The molecule has 4 nitrogen and oxygen atoms in total. The van der Waals surface area contributed by atoms with Crippen molar-refractivity contribution in [3.05, 3.63) is 24.3 Å². The molecule has 1 amide bonds. The molecule has 110 valence electrons. The van der Waals surface area contributed by atoms with Crippen LogP contribution in [0.25, 0.3) is 0 Å². The number of para-hydroxylation sites is 2. The van der Waals surface area contributed by atoms with Crippen molar-refractivity contribution in [1.29, 1.82) is 0 Å². The summed E-state index contributed by atoms with van der Waals surface area (Å²) >= 11 is 0. The highest BCUT2D eigenvalue weighted by atomic mass is 16.2. The third-order valence-corrected chi connectivity index (χ3v) is 3.80. The van der Waals surface area contributed by atoms with E-state index in [2.05, 4.69) is 16.3 Å². The molecule has 1 saturated heterocycles. The fourth-order valence-electron chi connectivity index (χ4n) is 2.66. The second kappa shape index (κ2) is 7.29. The van der Waals surface area contributed by atoms with Gasteiger partial charge in [-0.1, -0.05) is 25.5 Å². The molecule has 0 bridgehead atoms. The quantitative estimate of drug-likeness (QED) is 0.868. The average Bonchev–Trinajstić information content (AvgIpc) is 2.49. The molecule has 2 rings (SSSR count). The van der Waals surface area contributed by atoms with E-state index in [4.69, 9.17) is 5.73 Å². The molecule has 1 atom stereocenters. The summed E-state index contributed by atoms with van der Waals surface area (Å²) in [5.74, 6) is -0.0868. The average molecular weight is 275 g/mol. The lowest BCUT2D eigenvalue weighted by molar-refractivity contribution is -0.117. The van der Waals surface area contributed by atoms with Gasteiger partial charge in [-0.3, -0.25) is 4.79 Å². The van der Waals surface area contributed by atoms with Gasteiger partial charge in [-0.25, -0.2) is 0 Å². The molecule has 0 saturated carbocycles. The molecular weight excluding hydrogens is 250 g/mol. The number of anilines is 2. The molecule has 1 aromatic rings. The van der Waals surface area contributed by atoms with Gasteiger partial charge < -0.3 is 16.0 Å². The number of nitrogens with two attached hydrogens (primary N) is 1. The highest BCUT2D eigenvalue weighted by Gasteiger charge is 2.17. The number of carbonyl (C=O) groups excluding carboxylic acids is 1. The molecule has 20 heavy (non-hydrogen) atoms. The molecule has 0 spiro atoms. The summed E-state index contributed by atoms with van der Waals surface area (Å²) in [7, 11) is 0. The lowest BCUT2D eigenvalue weighted by atomic mass is 10.1. The van der Waals surface area contributed by atoms with Gasteiger partial charge in [0.2, 0.25) is 5.91 Å². The minimum atomic E-state index is -0.422. The Hall–Kier alpha value is -1.55. The van der Waals surface area contributed by atoms with Crippen LogP contribution in [-0.2, 0) is 4.79 Å². The number of amides is 1. The van der Waals surface area contributed by atoms with E-state index in [1.165, 1.54) is 19.3 Å². The first kappa shape index (κ1) is 14.9. The molecule has 0 aromatic heterocycles. The van der Waals surface area contributed by atoms with Gasteiger partial charge in [-0.15, -0.1) is 0 Å². The maximum absolute atomic E-state index is 12.1. The molecular formula is C16H25N3O. The van der Waals surface area contributed by atoms with Crippen molar-refractivity contribution in [3.63, 3.8) is 0 Å². The molecule has 3 N–H and O–H groups in total. The Morgan fingerprint density at radius 3 is 2.70 bits per heavy atom. The van der Waals surface area contributed by atoms with Crippen molar-refractivity contribution < 1.29 is 4.79 Å². The maximum atomic E-state index is 12.1. The number of piperidine rings is 1. The fraction of sp³-hybridized carbons (Fsp3) is 0.562. The van der Waals surface area contributed by atoms with Crippen molar-refractivity contribution in [2.24, 2.45) is 5.73 Å². The number of nitrogens with one attached hydrogen (secondary N) is 1. The minimum absolute atomic E-state index is 0.0868. The Balaban J connectivity index is 2.09. The summed E-state index contributed by atoms with van der Waals surface area (Å²) in [6, 6.07) is 7.58. The molecule has 1 unspecified atom stereocenters. The number of rotatable bonds is 5. The monoisotopic (exact) mass is 275 g/mol. The molecule has 1 aliphatic heterocycles. The van der Waals surface area contributed by atoms with Gasteiger partial charge in [-0.05, 0) is 37.8 Å². The number of carbonyl (C=O) groups is 1. The number of benzene rings is 1. The second-order valence-electron chi connectivity index (χ2n) is 5.45. The lowest BCUT2D eigenvalue weighted by Crippen LogP contribution is -2.36. The summed E-state index contributed by atoms with van der Waals surface area (Å²) < 4.78 is 0. The zero-order chi connectivity index (χ0) is 14.4. The highest BCUT2D eigenvalue weighted by Crippen LogP contribution is 2.28. The maximum Gasteiger partial charge on any atom is 0.241 e. The Kier molecular flexibility index (Phi) is 5.41. The minimum Gasteiger partial charge on any atom is -0.370 e. The third-order valence-electron chi connectivity index (χ3n) is 3.80. The van der Waals surface area contributed by atoms with Crippen LogP contribution in [0, 0.1) is 0 Å². The molecule has 1 aromatic carbocycles. The van der Waals surface area contributed by atoms with Gasteiger partial charge >= 0.3 is 0 Å². The van der Waals surface area contributed by atoms with Crippen LogP contribution in [0.5, 0.6) is 0 Å². The Bertz CT molecular complexity index is 441. The molecule has 1 aliphatic rings. The fourth-order valence-corrected chi connectivity index (χ4v) is 2.66. The van der Waals surface area contributed by atoms with Crippen molar-refractivity contribution in [3.8, 4) is 0 Å². The van der Waals surface area contributed by atoms with Crippen LogP contribution in [-0.4, -0.2) is 25.0 Å². The third kappa shape index (κ3) is 3.73. The van der Waals surface area contributed by atoms with Crippen LogP contribution < -0.4 is 16.0 Å². The first-order chi connectivity index (χ1) is 9.72. The first-order valence-electron chi connectivity index (χ1n) is 7.62. The SMILES string of the molecule is CCCC(N)C(=O)Nc1ccccc1N1CCCCC1. The van der Waals surface area contributed by atoms with Gasteiger partial charge in [0, 0.05) is 13.1 Å².